The molecular formula is C33H55N5O5. The van der Waals surface area contributed by atoms with Gasteiger partial charge in [0.1, 0.15) is 12.1 Å². The molecule has 2 saturated carbocycles. The van der Waals surface area contributed by atoms with E-state index in [0.717, 1.165) is 77.0 Å². The van der Waals surface area contributed by atoms with Crippen molar-refractivity contribution in [3.8, 4) is 0 Å². The lowest BCUT2D eigenvalue weighted by molar-refractivity contribution is -0.145. The van der Waals surface area contributed by atoms with Crippen molar-refractivity contribution in [3.05, 3.63) is 0 Å². The largest absolute Gasteiger partial charge is 0.363 e. The van der Waals surface area contributed by atoms with E-state index in [1.165, 1.54) is 0 Å². The normalized spacial score (nSPS) is 32.8. The highest BCUT2D eigenvalue weighted by atomic mass is 16.2. The third-order valence-corrected chi connectivity index (χ3v) is 11.1. The van der Waals surface area contributed by atoms with Crippen molar-refractivity contribution < 1.29 is 24.0 Å². The Bertz CT molecular complexity index is 1080. The monoisotopic (exact) mass is 601 g/mol. The number of piperidine rings is 1. The summed E-state index contributed by atoms with van der Waals surface area (Å²) in [5.74, 6) is -2.49. The molecule has 1 unspecified atom stereocenters. The van der Waals surface area contributed by atoms with Crippen LogP contribution in [0.2, 0.25) is 0 Å². The van der Waals surface area contributed by atoms with Gasteiger partial charge in [-0.2, -0.15) is 0 Å². The van der Waals surface area contributed by atoms with Crippen molar-refractivity contribution in [2.45, 2.75) is 148 Å². The number of Topliss-reactive ketones (excluding diaryl/α,β-unsaturated/α-hetero) is 1. The molecule has 242 valence electrons. The fraction of sp³-hybridized carbons (Fsp3) is 0.848. The predicted molar refractivity (Wildman–Crippen MR) is 165 cm³/mol. The van der Waals surface area contributed by atoms with Gasteiger partial charge in [-0.1, -0.05) is 91.9 Å². The lowest BCUT2D eigenvalue weighted by atomic mass is 9.78. The molecule has 0 aromatic rings. The SMILES string of the molecule is CC1(NC(=O)N[C@@H]2C(=O)N3CC4[C@@H]([C@H]3C(=O)N[C@H](C(=O)C(N)=O)CCCCCCCCCC2(C)C)C4(C)C)CCCCC1. The number of nitrogens with two attached hydrogens (primary N) is 1. The Kier molecular flexibility index (Phi) is 10.2. The summed E-state index contributed by atoms with van der Waals surface area (Å²) in [6.45, 7) is 10.7. The minimum Gasteiger partial charge on any atom is -0.363 e. The minimum atomic E-state index is -1.07. The molecule has 2 aliphatic heterocycles. The van der Waals surface area contributed by atoms with Crippen LogP contribution in [0.3, 0.4) is 0 Å². The van der Waals surface area contributed by atoms with Gasteiger partial charge < -0.3 is 26.6 Å². The van der Waals surface area contributed by atoms with E-state index in [0.29, 0.717) is 19.4 Å². The number of nitrogens with one attached hydrogen (secondary N) is 3. The van der Waals surface area contributed by atoms with Crippen LogP contribution in [0.1, 0.15) is 125 Å². The molecule has 4 rings (SSSR count). The zero-order valence-corrected chi connectivity index (χ0v) is 27.1. The van der Waals surface area contributed by atoms with Gasteiger partial charge in [-0.25, -0.2) is 4.79 Å². The molecule has 0 spiro atoms. The van der Waals surface area contributed by atoms with Crippen LogP contribution in [-0.4, -0.2) is 64.6 Å². The summed E-state index contributed by atoms with van der Waals surface area (Å²) in [7, 11) is 0. The average Bonchev–Trinajstić information content (AvgIpc) is 3.25. The summed E-state index contributed by atoms with van der Waals surface area (Å²) in [6.07, 6.45) is 12.9. The van der Waals surface area contributed by atoms with Gasteiger partial charge in [0.2, 0.25) is 17.6 Å². The number of fused-ring (bicyclic) bond motifs is 3. The molecule has 2 aliphatic carbocycles. The molecule has 5 amide bonds. The van der Waals surface area contributed by atoms with Crippen LogP contribution in [0.5, 0.6) is 0 Å². The molecule has 2 heterocycles. The number of urea groups is 1. The Labute approximate surface area is 257 Å². The third kappa shape index (κ3) is 7.54. The summed E-state index contributed by atoms with van der Waals surface area (Å²) in [5.41, 5.74) is 4.36. The second kappa shape index (κ2) is 13.1. The molecule has 5 atom stereocenters. The van der Waals surface area contributed by atoms with Crippen LogP contribution < -0.4 is 21.7 Å². The van der Waals surface area contributed by atoms with E-state index in [2.05, 4.69) is 36.7 Å². The first-order valence-corrected chi connectivity index (χ1v) is 16.7. The topological polar surface area (TPSA) is 151 Å². The van der Waals surface area contributed by atoms with Gasteiger partial charge in [-0.05, 0) is 55.3 Å². The molecular weight excluding hydrogens is 546 g/mol. The van der Waals surface area contributed by atoms with E-state index in [4.69, 9.17) is 5.73 Å². The van der Waals surface area contributed by atoms with Crippen molar-refractivity contribution in [2.24, 2.45) is 28.4 Å². The van der Waals surface area contributed by atoms with Crippen LogP contribution in [-0.2, 0) is 19.2 Å². The quantitative estimate of drug-likeness (QED) is 0.360. The summed E-state index contributed by atoms with van der Waals surface area (Å²) in [6, 6.07) is -2.97. The number of hydrogen-bond donors (Lipinski definition) is 4. The first-order chi connectivity index (χ1) is 20.2. The summed E-state index contributed by atoms with van der Waals surface area (Å²) in [4.78, 5) is 68.1. The summed E-state index contributed by atoms with van der Waals surface area (Å²) < 4.78 is 0. The highest BCUT2D eigenvalue weighted by Gasteiger charge is 2.70. The molecule has 5 N–H and O–H groups in total. The highest BCUT2D eigenvalue weighted by Crippen LogP contribution is 2.65. The number of nitrogens with zero attached hydrogens (tertiary/aromatic N) is 1. The average molecular weight is 602 g/mol. The number of carbonyl (C=O) groups excluding carboxylic acids is 5. The summed E-state index contributed by atoms with van der Waals surface area (Å²) >= 11 is 0. The molecule has 4 fully saturated rings. The van der Waals surface area contributed by atoms with E-state index in [9.17, 15) is 24.0 Å². The van der Waals surface area contributed by atoms with Crippen LogP contribution in [0.25, 0.3) is 0 Å². The smallest absolute Gasteiger partial charge is 0.315 e. The second-order valence-corrected chi connectivity index (χ2v) is 15.3. The van der Waals surface area contributed by atoms with Crippen molar-refractivity contribution >= 4 is 29.5 Å². The minimum absolute atomic E-state index is 0.0680. The van der Waals surface area contributed by atoms with Crippen molar-refractivity contribution in [3.63, 3.8) is 0 Å². The third-order valence-electron chi connectivity index (χ3n) is 11.1. The van der Waals surface area contributed by atoms with Crippen LogP contribution >= 0.6 is 0 Å². The van der Waals surface area contributed by atoms with Crippen LogP contribution in [0, 0.1) is 22.7 Å². The van der Waals surface area contributed by atoms with Gasteiger partial charge >= 0.3 is 6.03 Å². The first kappa shape index (κ1) is 33.2. The maximum atomic E-state index is 14.5. The van der Waals surface area contributed by atoms with E-state index in [1.54, 1.807) is 4.90 Å². The molecule has 0 bridgehead atoms. The lowest BCUT2D eigenvalue weighted by Crippen LogP contribution is -2.63. The second-order valence-electron chi connectivity index (χ2n) is 15.3. The zero-order valence-electron chi connectivity index (χ0n) is 27.1. The zero-order chi connectivity index (χ0) is 31.6. The van der Waals surface area contributed by atoms with Gasteiger partial charge in [0.25, 0.3) is 5.91 Å². The Morgan fingerprint density at radius 1 is 0.837 bits per heavy atom. The Morgan fingerprint density at radius 3 is 2.02 bits per heavy atom. The van der Waals surface area contributed by atoms with Gasteiger partial charge in [0.05, 0.1) is 6.04 Å². The summed E-state index contributed by atoms with van der Waals surface area (Å²) in [5, 5.41) is 9.08. The fourth-order valence-corrected chi connectivity index (χ4v) is 8.12. The molecule has 10 heteroatoms. The van der Waals surface area contributed by atoms with Crippen LogP contribution in [0.4, 0.5) is 4.79 Å². The molecule has 4 aliphatic rings. The van der Waals surface area contributed by atoms with E-state index in [1.807, 2.05) is 13.8 Å². The van der Waals surface area contributed by atoms with E-state index >= 15 is 0 Å². The Morgan fingerprint density at radius 2 is 1.40 bits per heavy atom. The van der Waals surface area contributed by atoms with Gasteiger partial charge in [0.15, 0.2) is 0 Å². The fourth-order valence-electron chi connectivity index (χ4n) is 8.12. The molecule has 43 heavy (non-hydrogen) atoms. The van der Waals surface area contributed by atoms with Crippen molar-refractivity contribution in [1.82, 2.24) is 20.9 Å². The first-order valence-electron chi connectivity index (χ1n) is 16.7. The van der Waals surface area contributed by atoms with Crippen molar-refractivity contribution in [2.75, 3.05) is 6.54 Å². The number of carbonyl (C=O) groups is 5. The molecule has 0 radical (unpaired) electrons. The van der Waals surface area contributed by atoms with Gasteiger partial charge in [-0.15, -0.1) is 0 Å². The number of amides is 5. The number of primary amides is 1. The van der Waals surface area contributed by atoms with Gasteiger partial charge in [0, 0.05) is 12.1 Å². The number of ketones is 1. The van der Waals surface area contributed by atoms with Crippen molar-refractivity contribution in [1.29, 1.82) is 0 Å². The molecule has 2 saturated heterocycles. The standard InChI is InChI=1S/C33H55N5O5/c1-31(2)17-13-10-8-6-7-9-12-16-22(25(39)27(34)40)35-28(41)24-23-21(32(23,3)4)20-38(24)29(42)26(31)36-30(43)37-33(5)18-14-11-15-19-33/h21-24,26H,6-20H2,1-5H3,(H2,34,40)(H,35,41)(H2,36,37,43)/t21?,22-,23-,24-,26+/m0/s1. The number of hydrogen-bond acceptors (Lipinski definition) is 5. The van der Waals surface area contributed by atoms with E-state index in [-0.39, 0.29) is 34.7 Å². The van der Waals surface area contributed by atoms with E-state index < -0.39 is 41.1 Å². The van der Waals surface area contributed by atoms with Crippen LogP contribution in [0.15, 0.2) is 0 Å². The lowest BCUT2D eigenvalue weighted by Gasteiger charge is -2.41. The van der Waals surface area contributed by atoms with Gasteiger partial charge in [-0.3, -0.25) is 19.2 Å². The predicted octanol–water partition coefficient (Wildman–Crippen LogP) is 3.95. The maximum Gasteiger partial charge on any atom is 0.315 e. The Hall–Kier alpha value is -2.65. The maximum absolute atomic E-state index is 14.5. The molecule has 10 nitrogen and oxygen atoms in total. The highest BCUT2D eigenvalue weighted by molar-refractivity contribution is 6.37. The molecule has 0 aromatic carbocycles. The number of rotatable bonds is 4. The Balaban J connectivity index is 1.62. The molecule has 0 aromatic heterocycles.